The first kappa shape index (κ1) is 16.7. The van der Waals surface area contributed by atoms with Gasteiger partial charge in [-0.1, -0.05) is 60.6 Å². The van der Waals surface area contributed by atoms with E-state index in [2.05, 4.69) is 53.5 Å². The minimum Gasteiger partial charge on any atom is -0.476 e. The fourth-order valence-corrected chi connectivity index (χ4v) is 2.56. The summed E-state index contributed by atoms with van der Waals surface area (Å²) >= 11 is 0. The number of hydrogen-bond donors (Lipinski definition) is 2. The molecular formula is C19H19N3O3. The highest BCUT2D eigenvalue weighted by molar-refractivity contribution is 5.87. The molecule has 128 valence electrons. The molecule has 25 heavy (non-hydrogen) atoms. The third-order valence-electron chi connectivity index (χ3n) is 3.73. The number of carboxylic acids is 1. The summed E-state index contributed by atoms with van der Waals surface area (Å²) in [6.45, 7) is 4.41. The molecule has 0 amide bonds. The van der Waals surface area contributed by atoms with Gasteiger partial charge < -0.3 is 9.84 Å². The lowest BCUT2D eigenvalue weighted by Gasteiger charge is -2.08. The average molecular weight is 337 g/mol. The zero-order chi connectivity index (χ0) is 17.8. The van der Waals surface area contributed by atoms with Gasteiger partial charge >= 0.3 is 5.97 Å². The largest absolute Gasteiger partial charge is 0.476 e. The van der Waals surface area contributed by atoms with Crippen molar-refractivity contribution in [1.82, 2.24) is 15.4 Å². The molecule has 0 saturated carbocycles. The van der Waals surface area contributed by atoms with Gasteiger partial charge in [0.1, 0.15) is 5.75 Å². The lowest BCUT2D eigenvalue weighted by molar-refractivity contribution is 0.0687. The molecule has 0 radical (unpaired) electrons. The van der Waals surface area contributed by atoms with Crippen LogP contribution >= 0.6 is 0 Å². The van der Waals surface area contributed by atoms with Crippen molar-refractivity contribution in [2.24, 2.45) is 5.92 Å². The molecule has 0 unspecified atom stereocenters. The molecule has 0 aliphatic heterocycles. The summed E-state index contributed by atoms with van der Waals surface area (Å²) in [4.78, 5) is 11.0. The van der Waals surface area contributed by atoms with Gasteiger partial charge in [-0.3, -0.25) is 0 Å². The molecule has 0 aliphatic rings. The molecule has 0 fully saturated rings. The Hall–Kier alpha value is -3.15. The molecule has 2 N–H and O–H groups in total. The number of carboxylic acid groups (broad SMARTS) is 1. The molecule has 0 saturated heterocycles. The van der Waals surface area contributed by atoms with Crippen LogP contribution in [0.5, 0.6) is 11.6 Å². The molecule has 1 aromatic heterocycles. The van der Waals surface area contributed by atoms with E-state index in [1.54, 1.807) is 12.1 Å². The number of nitrogens with one attached hydrogen (secondary N) is 1. The number of ether oxygens (including phenoxy) is 1. The van der Waals surface area contributed by atoms with Crippen LogP contribution < -0.4 is 4.74 Å². The molecule has 0 atom stereocenters. The Morgan fingerprint density at radius 2 is 1.68 bits per heavy atom. The maximum absolute atomic E-state index is 11.0. The Morgan fingerprint density at radius 1 is 1.08 bits per heavy atom. The fraction of sp³-hybridized carbons (Fsp3) is 0.211. The van der Waals surface area contributed by atoms with E-state index in [9.17, 15) is 4.79 Å². The number of nitrogens with zero attached hydrogens (tertiary/aromatic N) is 2. The Labute approximate surface area is 145 Å². The molecule has 6 nitrogen and oxygen atoms in total. The topological polar surface area (TPSA) is 88.1 Å². The van der Waals surface area contributed by atoms with E-state index in [0.717, 1.165) is 17.5 Å². The molecular weight excluding hydrogens is 318 g/mol. The third-order valence-corrected chi connectivity index (χ3v) is 3.73. The first-order valence-electron chi connectivity index (χ1n) is 8.04. The molecule has 2 aromatic carbocycles. The van der Waals surface area contributed by atoms with Crippen LogP contribution in [0.15, 0.2) is 48.5 Å². The highest BCUT2D eigenvalue weighted by Crippen LogP contribution is 2.26. The standard InChI is InChI=1S/C19H19N3O3/c1-12(2)11-13-3-5-14(6-4-13)15-7-9-16(10-8-15)25-18-17(19(23)24)20-22-21-18/h3-10,12H,11H2,1-2H3,(H,23,24)(H,20,21,22). The summed E-state index contributed by atoms with van der Waals surface area (Å²) in [5.41, 5.74) is 3.32. The fourth-order valence-electron chi connectivity index (χ4n) is 2.56. The van der Waals surface area contributed by atoms with Crippen LogP contribution in [-0.4, -0.2) is 26.5 Å². The number of rotatable bonds is 6. The zero-order valence-electron chi connectivity index (χ0n) is 14.1. The Morgan fingerprint density at radius 3 is 2.24 bits per heavy atom. The van der Waals surface area contributed by atoms with Crippen LogP contribution in [0.3, 0.4) is 0 Å². The van der Waals surface area contributed by atoms with Crippen molar-refractivity contribution in [2.75, 3.05) is 0 Å². The second-order valence-corrected chi connectivity index (χ2v) is 6.22. The minimum atomic E-state index is -1.17. The van der Waals surface area contributed by atoms with Crippen LogP contribution in [-0.2, 0) is 6.42 Å². The van der Waals surface area contributed by atoms with Gasteiger partial charge in [-0.15, -0.1) is 0 Å². The van der Waals surface area contributed by atoms with E-state index in [4.69, 9.17) is 9.84 Å². The second-order valence-electron chi connectivity index (χ2n) is 6.22. The number of aromatic carboxylic acids is 1. The maximum Gasteiger partial charge on any atom is 0.359 e. The van der Waals surface area contributed by atoms with E-state index in [-0.39, 0.29) is 11.6 Å². The summed E-state index contributed by atoms with van der Waals surface area (Å²) in [6, 6.07) is 15.9. The Bertz CT molecular complexity index is 852. The number of carbonyl (C=O) groups is 1. The van der Waals surface area contributed by atoms with E-state index < -0.39 is 5.97 Å². The van der Waals surface area contributed by atoms with Crippen molar-refractivity contribution in [3.63, 3.8) is 0 Å². The van der Waals surface area contributed by atoms with Crippen molar-refractivity contribution in [3.05, 3.63) is 59.8 Å². The number of benzene rings is 2. The van der Waals surface area contributed by atoms with Gasteiger partial charge in [-0.05, 0) is 41.2 Å². The smallest absolute Gasteiger partial charge is 0.359 e. The summed E-state index contributed by atoms with van der Waals surface area (Å²) in [6.07, 6.45) is 1.07. The molecule has 3 rings (SSSR count). The van der Waals surface area contributed by atoms with Crippen molar-refractivity contribution in [3.8, 4) is 22.8 Å². The Balaban J connectivity index is 1.73. The molecule has 6 heteroatoms. The number of H-pyrrole nitrogens is 1. The van der Waals surface area contributed by atoms with E-state index in [0.29, 0.717) is 11.7 Å². The van der Waals surface area contributed by atoms with Crippen LogP contribution in [0, 0.1) is 5.92 Å². The average Bonchev–Trinajstić information content (AvgIpc) is 3.04. The van der Waals surface area contributed by atoms with Crippen LogP contribution in [0.2, 0.25) is 0 Å². The molecule has 0 bridgehead atoms. The summed E-state index contributed by atoms with van der Waals surface area (Å²) < 4.78 is 5.48. The number of aromatic nitrogens is 3. The first-order chi connectivity index (χ1) is 12.0. The maximum atomic E-state index is 11.0. The van der Waals surface area contributed by atoms with E-state index >= 15 is 0 Å². The van der Waals surface area contributed by atoms with E-state index in [1.165, 1.54) is 5.56 Å². The van der Waals surface area contributed by atoms with Gasteiger partial charge in [0.2, 0.25) is 5.69 Å². The van der Waals surface area contributed by atoms with Crippen molar-refractivity contribution in [2.45, 2.75) is 20.3 Å². The van der Waals surface area contributed by atoms with Crippen molar-refractivity contribution >= 4 is 5.97 Å². The number of aromatic amines is 1. The van der Waals surface area contributed by atoms with Crippen molar-refractivity contribution in [1.29, 1.82) is 0 Å². The third kappa shape index (κ3) is 4.03. The van der Waals surface area contributed by atoms with Gasteiger partial charge in [0.05, 0.1) is 0 Å². The lowest BCUT2D eigenvalue weighted by atomic mass is 9.99. The van der Waals surface area contributed by atoms with Gasteiger partial charge in [0, 0.05) is 0 Å². The quantitative estimate of drug-likeness (QED) is 0.705. The predicted molar refractivity (Wildman–Crippen MR) is 93.8 cm³/mol. The summed E-state index contributed by atoms with van der Waals surface area (Å²) in [5, 5.41) is 18.4. The van der Waals surface area contributed by atoms with Crippen LogP contribution in [0.1, 0.15) is 29.9 Å². The second kappa shape index (κ2) is 7.17. The normalized spacial score (nSPS) is 10.8. The van der Waals surface area contributed by atoms with Gasteiger partial charge in [0.15, 0.2) is 0 Å². The van der Waals surface area contributed by atoms with Crippen LogP contribution in [0.25, 0.3) is 11.1 Å². The van der Waals surface area contributed by atoms with E-state index in [1.807, 2.05) is 12.1 Å². The van der Waals surface area contributed by atoms with Gasteiger partial charge in [0.25, 0.3) is 5.88 Å². The molecule has 3 aromatic rings. The molecule has 0 aliphatic carbocycles. The lowest BCUT2D eigenvalue weighted by Crippen LogP contribution is -1.99. The van der Waals surface area contributed by atoms with Crippen LogP contribution in [0.4, 0.5) is 0 Å². The highest BCUT2D eigenvalue weighted by atomic mass is 16.5. The minimum absolute atomic E-state index is 0.0571. The van der Waals surface area contributed by atoms with Crippen molar-refractivity contribution < 1.29 is 14.6 Å². The SMILES string of the molecule is CC(C)Cc1ccc(-c2ccc(Oc3nn[nH]c3C(=O)O)cc2)cc1. The first-order valence-corrected chi connectivity index (χ1v) is 8.04. The summed E-state index contributed by atoms with van der Waals surface area (Å²) in [7, 11) is 0. The predicted octanol–water partition coefficient (Wildman–Crippen LogP) is 4.16. The Kier molecular flexibility index (Phi) is 4.79. The summed E-state index contributed by atoms with van der Waals surface area (Å²) in [5.74, 6) is -0.0949. The van der Waals surface area contributed by atoms with Gasteiger partial charge in [-0.2, -0.15) is 0 Å². The zero-order valence-corrected chi connectivity index (χ0v) is 14.1. The monoisotopic (exact) mass is 337 g/mol. The molecule has 1 heterocycles. The highest BCUT2D eigenvalue weighted by Gasteiger charge is 2.16. The van der Waals surface area contributed by atoms with Gasteiger partial charge in [-0.25, -0.2) is 9.89 Å². The number of hydrogen-bond acceptors (Lipinski definition) is 4. The molecule has 0 spiro atoms.